The maximum Gasteiger partial charge on any atom is 0.322 e. The fourth-order valence-electron chi connectivity index (χ4n) is 3.26. The highest BCUT2D eigenvalue weighted by Gasteiger charge is 2.19. The van der Waals surface area contributed by atoms with E-state index in [4.69, 9.17) is 16.0 Å². The zero-order valence-corrected chi connectivity index (χ0v) is 18.6. The highest BCUT2D eigenvalue weighted by molar-refractivity contribution is 6.33. The fraction of sp³-hybridized carbons (Fsp3) is 0.450. The molecule has 2 N–H and O–H groups in total. The molecule has 0 spiro atoms. The minimum Gasteiger partial charge on any atom is -0.406 e. The third-order valence-electron chi connectivity index (χ3n) is 5.10. The summed E-state index contributed by atoms with van der Waals surface area (Å²) in [6.45, 7) is 8.05. The molecule has 0 amide bonds. The average Bonchev–Trinajstić information content (AvgIpc) is 3.20. The summed E-state index contributed by atoms with van der Waals surface area (Å²) in [5, 5.41) is 15.0. The van der Waals surface area contributed by atoms with Gasteiger partial charge in [-0.05, 0) is 25.6 Å². The Hall–Kier alpha value is -2.98. The van der Waals surface area contributed by atoms with Crippen molar-refractivity contribution in [2.45, 2.75) is 26.8 Å². The molecule has 31 heavy (non-hydrogen) atoms. The van der Waals surface area contributed by atoms with E-state index in [-0.39, 0.29) is 6.01 Å². The number of benzene rings is 1. The zero-order chi connectivity index (χ0) is 21.8. The van der Waals surface area contributed by atoms with Crippen LogP contribution in [0, 0.1) is 6.92 Å². The van der Waals surface area contributed by atoms with Crippen molar-refractivity contribution < 1.29 is 4.42 Å². The van der Waals surface area contributed by atoms with Crippen LogP contribution < -0.4 is 15.5 Å². The van der Waals surface area contributed by atoms with Gasteiger partial charge in [0.25, 0.3) is 0 Å². The largest absolute Gasteiger partial charge is 0.406 e. The summed E-state index contributed by atoms with van der Waals surface area (Å²) in [5.74, 6) is 2.19. The number of aryl methyl sites for hydroxylation is 2. The molecule has 11 heteroatoms. The van der Waals surface area contributed by atoms with Crippen molar-refractivity contribution in [2.75, 3.05) is 48.8 Å². The van der Waals surface area contributed by atoms with Gasteiger partial charge in [0.1, 0.15) is 5.82 Å². The molecule has 2 aromatic heterocycles. The number of piperazine rings is 1. The molecule has 3 heterocycles. The van der Waals surface area contributed by atoms with E-state index in [1.807, 2.05) is 32.0 Å². The van der Waals surface area contributed by atoms with Crippen LogP contribution in [-0.2, 0) is 13.0 Å². The van der Waals surface area contributed by atoms with Crippen LogP contribution in [0.5, 0.6) is 0 Å². The van der Waals surface area contributed by atoms with Crippen molar-refractivity contribution in [1.82, 2.24) is 30.0 Å². The zero-order valence-electron chi connectivity index (χ0n) is 17.9. The summed E-state index contributed by atoms with van der Waals surface area (Å²) in [6, 6.07) is 5.96. The molecular formula is C20H26ClN9O. The molecule has 0 radical (unpaired) electrons. The Labute approximate surface area is 186 Å². The molecule has 1 fully saturated rings. The Morgan fingerprint density at radius 3 is 2.65 bits per heavy atom. The Kier molecular flexibility index (Phi) is 6.47. The number of nitrogens with zero attached hydrogens (tertiary/aromatic N) is 7. The van der Waals surface area contributed by atoms with Gasteiger partial charge in [-0.3, -0.25) is 5.32 Å². The lowest BCUT2D eigenvalue weighted by Gasteiger charge is -2.32. The van der Waals surface area contributed by atoms with Gasteiger partial charge in [0.05, 0.1) is 17.3 Å². The number of nitrogens with one attached hydrogen (secondary N) is 2. The summed E-state index contributed by atoms with van der Waals surface area (Å²) < 4.78 is 5.70. The molecule has 0 unspecified atom stereocenters. The third-order valence-corrected chi connectivity index (χ3v) is 5.41. The van der Waals surface area contributed by atoms with Crippen LogP contribution in [0.1, 0.15) is 24.2 Å². The van der Waals surface area contributed by atoms with Gasteiger partial charge in [0.2, 0.25) is 17.8 Å². The second kappa shape index (κ2) is 9.44. The normalized spacial score (nSPS) is 14.6. The first-order valence-electron chi connectivity index (χ1n) is 10.3. The van der Waals surface area contributed by atoms with Crippen LogP contribution in [0.4, 0.5) is 23.6 Å². The second-order valence-corrected chi connectivity index (χ2v) is 7.84. The van der Waals surface area contributed by atoms with Crippen molar-refractivity contribution in [3.8, 4) is 0 Å². The van der Waals surface area contributed by atoms with Gasteiger partial charge in [-0.2, -0.15) is 15.0 Å². The maximum atomic E-state index is 6.25. The van der Waals surface area contributed by atoms with E-state index in [1.165, 1.54) is 0 Å². The van der Waals surface area contributed by atoms with Crippen LogP contribution in [0.2, 0.25) is 5.02 Å². The van der Waals surface area contributed by atoms with Gasteiger partial charge >= 0.3 is 6.01 Å². The minimum atomic E-state index is 0.227. The first-order chi connectivity index (χ1) is 15.0. The minimum absolute atomic E-state index is 0.227. The molecule has 1 aromatic carbocycles. The number of hydrogen-bond acceptors (Lipinski definition) is 10. The van der Waals surface area contributed by atoms with Crippen molar-refractivity contribution >= 4 is 35.2 Å². The summed E-state index contributed by atoms with van der Waals surface area (Å²) in [7, 11) is 2.12. The van der Waals surface area contributed by atoms with E-state index < -0.39 is 0 Å². The molecule has 0 atom stereocenters. The molecule has 10 nitrogen and oxygen atoms in total. The third kappa shape index (κ3) is 5.20. The highest BCUT2D eigenvalue weighted by atomic mass is 35.5. The van der Waals surface area contributed by atoms with Gasteiger partial charge in [-0.25, -0.2) is 0 Å². The van der Waals surface area contributed by atoms with E-state index in [0.29, 0.717) is 41.6 Å². The molecule has 4 rings (SSSR count). The Morgan fingerprint density at radius 2 is 1.90 bits per heavy atom. The van der Waals surface area contributed by atoms with E-state index in [9.17, 15) is 0 Å². The van der Waals surface area contributed by atoms with Crippen LogP contribution in [0.15, 0.2) is 22.6 Å². The van der Waals surface area contributed by atoms with Gasteiger partial charge in [-0.1, -0.05) is 35.8 Å². The summed E-state index contributed by atoms with van der Waals surface area (Å²) >= 11 is 6.25. The Bertz CT molecular complexity index is 1010. The number of para-hydroxylation sites is 1. The van der Waals surface area contributed by atoms with Crippen molar-refractivity contribution in [2.24, 2.45) is 0 Å². The van der Waals surface area contributed by atoms with Crippen LogP contribution in [-0.4, -0.2) is 63.3 Å². The predicted octanol–water partition coefficient (Wildman–Crippen LogP) is 2.89. The number of rotatable bonds is 7. The number of likely N-dealkylation sites (N-methyl/N-ethyl adjacent to an activating group) is 1. The van der Waals surface area contributed by atoms with Crippen molar-refractivity contribution in [1.29, 1.82) is 0 Å². The molecule has 1 saturated heterocycles. The molecule has 0 bridgehead atoms. The molecule has 164 valence electrons. The lowest BCUT2D eigenvalue weighted by atomic mass is 10.2. The fourth-order valence-corrected chi connectivity index (χ4v) is 3.55. The van der Waals surface area contributed by atoms with Crippen LogP contribution in [0.3, 0.4) is 0 Å². The Balaban J connectivity index is 1.44. The summed E-state index contributed by atoms with van der Waals surface area (Å²) in [5.41, 5.74) is 1.89. The lowest BCUT2D eigenvalue weighted by molar-refractivity contribution is 0.311. The first kappa shape index (κ1) is 21.3. The second-order valence-electron chi connectivity index (χ2n) is 7.43. The quantitative estimate of drug-likeness (QED) is 0.565. The maximum absolute atomic E-state index is 6.25. The van der Waals surface area contributed by atoms with Crippen molar-refractivity contribution in [3.63, 3.8) is 0 Å². The van der Waals surface area contributed by atoms with Crippen LogP contribution >= 0.6 is 11.6 Å². The molecular weight excluding hydrogens is 418 g/mol. The van der Waals surface area contributed by atoms with Crippen LogP contribution in [0.25, 0.3) is 0 Å². The van der Waals surface area contributed by atoms with Crippen molar-refractivity contribution in [3.05, 3.63) is 40.5 Å². The standard InChI is InChI=1S/C20H26ClN9O/c1-4-15-23-18(25-19(24-15)30-10-8-29(3)9-11-30)26-20-28-27-16(31-20)12-22-17-13(2)6-5-7-14(17)21/h5-7,22H,4,8-12H2,1-3H3,(H,23,24,25,26,28). The molecule has 1 aliphatic rings. The monoisotopic (exact) mass is 443 g/mol. The number of hydrogen-bond donors (Lipinski definition) is 2. The van der Waals surface area contributed by atoms with E-state index in [0.717, 1.165) is 37.4 Å². The Morgan fingerprint density at radius 1 is 1.10 bits per heavy atom. The van der Waals surface area contributed by atoms with E-state index >= 15 is 0 Å². The molecule has 1 aliphatic heterocycles. The SMILES string of the molecule is CCc1nc(Nc2nnc(CNc3c(C)cccc3Cl)o2)nc(N2CCN(C)CC2)n1. The van der Waals surface area contributed by atoms with Gasteiger partial charge in [0, 0.05) is 32.6 Å². The highest BCUT2D eigenvalue weighted by Crippen LogP contribution is 2.26. The van der Waals surface area contributed by atoms with E-state index in [1.54, 1.807) is 0 Å². The number of aromatic nitrogens is 5. The predicted molar refractivity (Wildman–Crippen MR) is 120 cm³/mol. The van der Waals surface area contributed by atoms with Gasteiger partial charge in [-0.15, -0.1) is 5.10 Å². The molecule has 0 aliphatic carbocycles. The number of halogens is 1. The van der Waals surface area contributed by atoms with E-state index in [2.05, 4.69) is 52.6 Å². The van der Waals surface area contributed by atoms with Gasteiger partial charge in [0.15, 0.2) is 0 Å². The number of anilines is 4. The lowest BCUT2D eigenvalue weighted by Crippen LogP contribution is -2.45. The first-order valence-corrected chi connectivity index (χ1v) is 10.7. The topological polar surface area (TPSA) is 108 Å². The average molecular weight is 444 g/mol. The van der Waals surface area contributed by atoms with Gasteiger partial charge < -0.3 is 19.5 Å². The molecule has 0 saturated carbocycles. The smallest absolute Gasteiger partial charge is 0.322 e. The molecule has 3 aromatic rings. The summed E-state index contributed by atoms with van der Waals surface area (Å²) in [6.07, 6.45) is 0.703. The summed E-state index contributed by atoms with van der Waals surface area (Å²) in [4.78, 5) is 18.1.